The van der Waals surface area contributed by atoms with Gasteiger partial charge in [-0.1, -0.05) is 18.5 Å². The first-order chi connectivity index (χ1) is 7.61. The molecule has 2 aromatic rings. The summed E-state index contributed by atoms with van der Waals surface area (Å²) in [6, 6.07) is 4.10. The highest BCUT2D eigenvalue weighted by Crippen LogP contribution is 2.25. The molecule has 16 heavy (non-hydrogen) atoms. The van der Waals surface area contributed by atoms with Crippen LogP contribution in [0.3, 0.4) is 0 Å². The second-order valence-corrected chi connectivity index (χ2v) is 4.75. The number of nitrogens with two attached hydrogens (primary N) is 1. The Bertz CT molecular complexity index is 504. The minimum atomic E-state index is 0.470. The van der Waals surface area contributed by atoms with Crippen LogP contribution in [0.15, 0.2) is 18.5 Å². The van der Waals surface area contributed by atoms with Gasteiger partial charge < -0.3 is 10.3 Å². The first-order valence-corrected chi connectivity index (χ1v) is 5.79. The van der Waals surface area contributed by atoms with E-state index in [9.17, 15) is 0 Å². The molecule has 1 aromatic carbocycles. The Kier molecular flexibility index (Phi) is 3.17. The summed E-state index contributed by atoms with van der Waals surface area (Å²) in [6.45, 7) is 2.83. The van der Waals surface area contributed by atoms with Crippen molar-refractivity contribution in [3.63, 3.8) is 0 Å². The Morgan fingerprint density at radius 1 is 1.50 bits per heavy atom. The third-order valence-electron chi connectivity index (χ3n) is 2.81. The van der Waals surface area contributed by atoms with Gasteiger partial charge >= 0.3 is 0 Å². The quantitative estimate of drug-likeness (QED) is 0.891. The lowest BCUT2D eigenvalue weighted by atomic mass is 10.0. The Hall–Kier alpha value is -1.06. The summed E-state index contributed by atoms with van der Waals surface area (Å²) < 4.78 is 1.94. The fourth-order valence-corrected chi connectivity index (χ4v) is 2.27. The number of aryl methyl sites for hydroxylation is 1. The Balaban J connectivity index is 2.42. The molecule has 1 unspecified atom stereocenters. The van der Waals surface area contributed by atoms with Crippen molar-refractivity contribution >= 4 is 22.6 Å². The molecule has 4 heteroatoms. The van der Waals surface area contributed by atoms with Crippen molar-refractivity contribution in [1.29, 1.82) is 0 Å². The van der Waals surface area contributed by atoms with Crippen LogP contribution in [0.5, 0.6) is 0 Å². The van der Waals surface area contributed by atoms with Gasteiger partial charge in [-0.25, -0.2) is 4.98 Å². The zero-order chi connectivity index (χ0) is 11.7. The number of benzene rings is 1. The molecular formula is C12H16ClN3. The van der Waals surface area contributed by atoms with Gasteiger partial charge in [0.25, 0.3) is 0 Å². The monoisotopic (exact) mass is 237 g/mol. The van der Waals surface area contributed by atoms with E-state index in [4.69, 9.17) is 17.3 Å². The lowest BCUT2D eigenvalue weighted by molar-refractivity contribution is 0.593. The van der Waals surface area contributed by atoms with Crippen LogP contribution in [0, 0.1) is 5.92 Å². The van der Waals surface area contributed by atoms with Crippen molar-refractivity contribution < 1.29 is 0 Å². The standard InChI is InChI=1S/C12H16ClN3/c1-8(6-14)3-9-4-10(13)12-11(5-9)15-7-16(12)2/h4-5,7-8H,3,6,14H2,1-2H3. The Labute approximate surface area is 100 Å². The summed E-state index contributed by atoms with van der Waals surface area (Å²) >= 11 is 6.24. The SMILES string of the molecule is CC(CN)Cc1cc(Cl)c2c(c1)ncn2C. The van der Waals surface area contributed by atoms with Crippen molar-refractivity contribution in [2.45, 2.75) is 13.3 Å². The van der Waals surface area contributed by atoms with Crippen LogP contribution in [0.2, 0.25) is 5.02 Å². The van der Waals surface area contributed by atoms with Crippen LogP contribution in [0.4, 0.5) is 0 Å². The van der Waals surface area contributed by atoms with Gasteiger partial charge in [-0.05, 0) is 36.6 Å². The number of nitrogens with zero attached hydrogens (tertiary/aromatic N) is 2. The Morgan fingerprint density at radius 2 is 2.25 bits per heavy atom. The maximum atomic E-state index is 6.24. The van der Waals surface area contributed by atoms with Gasteiger partial charge in [0.15, 0.2) is 0 Å². The van der Waals surface area contributed by atoms with Crippen LogP contribution in [-0.2, 0) is 13.5 Å². The van der Waals surface area contributed by atoms with Crippen LogP contribution < -0.4 is 5.73 Å². The van der Waals surface area contributed by atoms with E-state index in [1.165, 1.54) is 5.56 Å². The fourth-order valence-electron chi connectivity index (χ4n) is 1.90. The molecule has 3 nitrogen and oxygen atoms in total. The minimum absolute atomic E-state index is 0.470. The maximum Gasteiger partial charge on any atom is 0.0956 e. The average molecular weight is 238 g/mol. The van der Waals surface area contributed by atoms with Gasteiger partial charge in [-0.3, -0.25) is 0 Å². The predicted molar refractivity (Wildman–Crippen MR) is 67.6 cm³/mol. The maximum absolute atomic E-state index is 6.24. The molecule has 0 saturated heterocycles. The molecule has 0 aliphatic heterocycles. The zero-order valence-corrected chi connectivity index (χ0v) is 10.3. The normalized spacial score (nSPS) is 13.2. The molecule has 0 fully saturated rings. The average Bonchev–Trinajstić information content (AvgIpc) is 2.60. The van der Waals surface area contributed by atoms with Crippen molar-refractivity contribution in [3.8, 4) is 0 Å². The summed E-state index contributed by atoms with van der Waals surface area (Å²) in [4.78, 5) is 4.32. The van der Waals surface area contributed by atoms with Gasteiger partial charge in [0.1, 0.15) is 0 Å². The van der Waals surface area contributed by atoms with E-state index >= 15 is 0 Å². The molecule has 1 heterocycles. The molecule has 0 amide bonds. The van der Waals surface area contributed by atoms with Gasteiger partial charge in [-0.15, -0.1) is 0 Å². The first-order valence-electron chi connectivity index (χ1n) is 5.41. The molecule has 0 spiro atoms. The lowest BCUT2D eigenvalue weighted by Crippen LogP contribution is -2.13. The molecule has 1 aromatic heterocycles. The number of hydrogen-bond donors (Lipinski definition) is 1. The van der Waals surface area contributed by atoms with E-state index in [0.29, 0.717) is 12.5 Å². The van der Waals surface area contributed by atoms with Crippen molar-refractivity contribution in [2.24, 2.45) is 18.7 Å². The third kappa shape index (κ3) is 2.06. The van der Waals surface area contributed by atoms with E-state index in [1.807, 2.05) is 17.7 Å². The van der Waals surface area contributed by atoms with Gasteiger partial charge in [0, 0.05) is 7.05 Å². The van der Waals surface area contributed by atoms with E-state index in [0.717, 1.165) is 22.5 Å². The summed E-state index contributed by atoms with van der Waals surface area (Å²) in [5, 5.41) is 0.761. The minimum Gasteiger partial charge on any atom is -0.333 e. The summed E-state index contributed by atoms with van der Waals surface area (Å²) in [5.74, 6) is 0.470. The second kappa shape index (κ2) is 4.44. The highest BCUT2D eigenvalue weighted by molar-refractivity contribution is 6.35. The van der Waals surface area contributed by atoms with Gasteiger partial charge in [-0.2, -0.15) is 0 Å². The molecular weight excluding hydrogens is 222 g/mol. The van der Waals surface area contributed by atoms with Gasteiger partial charge in [0.05, 0.1) is 22.4 Å². The summed E-state index contributed by atoms with van der Waals surface area (Å²) in [7, 11) is 1.95. The van der Waals surface area contributed by atoms with Crippen LogP contribution >= 0.6 is 11.6 Å². The zero-order valence-electron chi connectivity index (χ0n) is 9.57. The summed E-state index contributed by atoms with van der Waals surface area (Å²) in [5.41, 5.74) is 8.77. The molecule has 0 aliphatic rings. The van der Waals surface area contributed by atoms with E-state index in [1.54, 1.807) is 6.33 Å². The molecule has 2 rings (SSSR count). The number of aromatic nitrogens is 2. The number of halogens is 1. The molecule has 0 aliphatic carbocycles. The first kappa shape index (κ1) is 11.4. The lowest BCUT2D eigenvalue weighted by Gasteiger charge is -2.09. The van der Waals surface area contributed by atoms with E-state index < -0.39 is 0 Å². The topological polar surface area (TPSA) is 43.8 Å². The number of hydrogen-bond acceptors (Lipinski definition) is 2. The molecule has 0 bridgehead atoms. The van der Waals surface area contributed by atoms with Crippen molar-refractivity contribution in [1.82, 2.24) is 9.55 Å². The predicted octanol–water partition coefficient (Wildman–Crippen LogP) is 2.36. The molecule has 86 valence electrons. The van der Waals surface area contributed by atoms with E-state index in [2.05, 4.69) is 18.0 Å². The van der Waals surface area contributed by atoms with Crippen LogP contribution in [0.25, 0.3) is 11.0 Å². The fraction of sp³-hybridized carbons (Fsp3) is 0.417. The smallest absolute Gasteiger partial charge is 0.0956 e. The second-order valence-electron chi connectivity index (χ2n) is 4.35. The van der Waals surface area contributed by atoms with Crippen LogP contribution in [-0.4, -0.2) is 16.1 Å². The number of rotatable bonds is 3. The third-order valence-corrected chi connectivity index (χ3v) is 3.10. The molecule has 0 saturated carbocycles. The molecule has 2 N–H and O–H groups in total. The number of imidazole rings is 1. The van der Waals surface area contributed by atoms with Crippen molar-refractivity contribution in [3.05, 3.63) is 29.0 Å². The van der Waals surface area contributed by atoms with E-state index in [-0.39, 0.29) is 0 Å². The highest BCUT2D eigenvalue weighted by atomic mass is 35.5. The number of fused-ring (bicyclic) bond motifs is 1. The molecule has 0 radical (unpaired) electrons. The Morgan fingerprint density at radius 3 is 2.94 bits per heavy atom. The van der Waals surface area contributed by atoms with Gasteiger partial charge in [0.2, 0.25) is 0 Å². The largest absolute Gasteiger partial charge is 0.333 e. The molecule has 1 atom stereocenters. The van der Waals surface area contributed by atoms with Crippen LogP contribution in [0.1, 0.15) is 12.5 Å². The summed E-state index contributed by atoms with van der Waals surface area (Å²) in [6.07, 6.45) is 2.73. The van der Waals surface area contributed by atoms with Crippen molar-refractivity contribution in [2.75, 3.05) is 6.54 Å². The highest BCUT2D eigenvalue weighted by Gasteiger charge is 2.08.